The molecule has 6 nitrogen and oxygen atoms in total. The first-order valence-corrected chi connectivity index (χ1v) is 4.18. The molecule has 1 rings (SSSR count). The fourth-order valence-electron chi connectivity index (χ4n) is 0.516. The van der Waals surface area contributed by atoms with Crippen molar-refractivity contribution in [2.24, 2.45) is 0 Å². The molecule has 0 aromatic carbocycles. The number of morpholine rings is 1. The average molecular weight is 209 g/mol. The summed E-state index contributed by atoms with van der Waals surface area (Å²) in [6.07, 6.45) is 0. The van der Waals surface area contributed by atoms with E-state index in [1.165, 1.54) is 0 Å². The van der Waals surface area contributed by atoms with Crippen molar-refractivity contribution in [2.45, 2.75) is 0 Å². The van der Waals surface area contributed by atoms with Crippen molar-refractivity contribution >= 4 is 8.25 Å². The van der Waals surface area contributed by atoms with Crippen molar-refractivity contribution in [3.63, 3.8) is 0 Å². The van der Waals surface area contributed by atoms with Crippen LogP contribution >= 0.6 is 8.25 Å². The summed E-state index contributed by atoms with van der Waals surface area (Å²) in [5.41, 5.74) is 0. The summed E-state index contributed by atoms with van der Waals surface area (Å²) in [6.45, 7) is 3.83. The van der Waals surface area contributed by atoms with E-state index in [0.29, 0.717) is 0 Å². The Balaban J connectivity index is -0.000000124. The van der Waals surface area contributed by atoms with Gasteiger partial charge in [0.25, 0.3) is 0 Å². The standard InChI is InChI=1S/C4H9NO.Na.H3O3P.H2O/c1-3-6-4-2-5-1;;1-4(2)3;/h5H,1-4H2;;4H,(H2,1,2,3);1H2/q;+1;;/p-1. The van der Waals surface area contributed by atoms with E-state index in [1.807, 2.05) is 0 Å². The van der Waals surface area contributed by atoms with Gasteiger partial charge in [-0.1, -0.05) is 0 Å². The van der Waals surface area contributed by atoms with E-state index < -0.39 is 8.25 Å². The Hall–Kier alpha value is 1.03. The van der Waals surface area contributed by atoms with E-state index in [2.05, 4.69) is 5.32 Å². The zero-order chi connectivity index (χ0) is 7.82. The average Bonchev–Trinajstić information content (AvgIpc) is 1.90. The van der Waals surface area contributed by atoms with Crippen molar-refractivity contribution in [3.8, 4) is 0 Å². The molecule has 4 N–H and O–H groups in total. The Labute approximate surface area is 93.9 Å². The molecule has 1 aliphatic rings. The van der Waals surface area contributed by atoms with Crippen LogP contribution in [0.5, 0.6) is 0 Å². The van der Waals surface area contributed by atoms with Crippen LogP contribution in [0.2, 0.25) is 0 Å². The molecule has 8 heteroatoms. The Morgan fingerprint density at radius 1 is 1.42 bits per heavy atom. The maximum atomic E-state index is 8.63. The second kappa shape index (κ2) is 14.5. The van der Waals surface area contributed by atoms with Crippen LogP contribution < -0.4 is 39.8 Å². The van der Waals surface area contributed by atoms with Gasteiger partial charge in [-0.25, -0.2) is 0 Å². The van der Waals surface area contributed by atoms with Crippen LogP contribution in [0, 0.1) is 0 Å². The van der Waals surface area contributed by atoms with Gasteiger partial charge in [0, 0.05) is 13.1 Å². The van der Waals surface area contributed by atoms with E-state index in [1.54, 1.807) is 0 Å². The van der Waals surface area contributed by atoms with Crippen LogP contribution in [0.4, 0.5) is 0 Å². The third-order valence-electron chi connectivity index (χ3n) is 0.846. The minimum atomic E-state index is -3.38. The van der Waals surface area contributed by atoms with Gasteiger partial charge < -0.3 is 29.9 Å². The molecule has 0 amide bonds. The van der Waals surface area contributed by atoms with Crippen LogP contribution in [0.1, 0.15) is 0 Å². The topological polar surface area (TPSA) is 113 Å². The summed E-state index contributed by atoms with van der Waals surface area (Å²) in [6, 6.07) is 0. The predicted octanol–water partition coefficient (Wildman–Crippen LogP) is -5.49. The third-order valence-corrected chi connectivity index (χ3v) is 0.846. The Kier molecular flexibility index (Phi) is 22.7. The molecule has 12 heavy (non-hydrogen) atoms. The van der Waals surface area contributed by atoms with Crippen LogP contribution in [-0.2, 0) is 9.30 Å². The quantitative estimate of drug-likeness (QED) is 0.305. The van der Waals surface area contributed by atoms with E-state index in [4.69, 9.17) is 19.1 Å². The SMILES string of the molecule is C1COCCN1.O.O=[PH]([O-])O.[Na+]. The molecule has 0 aromatic heterocycles. The zero-order valence-corrected chi connectivity index (χ0v) is 10.0. The van der Waals surface area contributed by atoms with E-state index in [9.17, 15) is 0 Å². The number of hydrogen-bond donors (Lipinski definition) is 2. The van der Waals surface area contributed by atoms with Crippen molar-refractivity contribution < 1.29 is 54.1 Å². The summed E-state index contributed by atoms with van der Waals surface area (Å²) in [5, 5.41) is 3.16. The minimum Gasteiger partial charge on any atom is -0.781 e. The summed E-state index contributed by atoms with van der Waals surface area (Å²) in [7, 11) is -3.38. The van der Waals surface area contributed by atoms with Crippen LogP contribution in [0.3, 0.4) is 0 Å². The molecule has 0 aromatic rings. The normalized spacial score (nSPS) is 17.2. The Bertz CT molecular complexity index is 85.9. The predicted molar refractivity (Wildman–Crippen MR) is 38.5 cm³/mol. The second-order valence-electron chi connectivity index (χ2n) is 1.63. The number of ether oxygens (including phenoxy) is 1. The van der Waals surface area contributed by atoms with E-state index in [0.717, 1.165) is 26.3 Å². The number of rotatable bonds is 0. The molecule has 0 aliphatic carbocycles. The third kappa shape index (κ3) is 22.5. The van der Waals surface area contributed by atoms with Gasteiger partial charge in [0.05, 0.1) is 13.2 Å². The first kappa shape index (κ1) is 18.7. The fraction of sp³-hybridized carbons (Fsp3) is 1.00. The molecule has 1 saturated heterocycles. The molecular formula is C4H13NNaO5P. The summed E-state index contributed by atoms with van der Waals surface area (Å²) in [5.74, 6) is 0. The van der Waals surface area contributed by atoms with Gasteiger partial charge in [0.2, 0.25) is 0 Å². The molecule has 70 valence electrons. The molecule has 1 unspecified atom stereocenters. The van der Waals surface area contributed by atoms with Crippen molar-refractivity contribution in [1.29, 1.82) is 0 Å². The van der Waals surface area contributed by atoms with Gasteiger partial charge in [-0.05, 0) is 0 Å². The number of hydrogen-bond acceptors (Lipinski definition) is 4. The summed E-state index contributed by atoms with van der Waals surface area (Å²) < 4.78 is 13.6. The molecule has 0 radical (unpaired) electrons. The van der Waals surface area contributed by atoms with Gasteiger partial charge >= 0.3 is 29.6 Å². The van der Waals surface area contributed by atoms with Gasteiger partial charge in [-0.15, -0.1) is 0 Å². The Morgan fingerprint density at radius 3 is 1.83 bits per heavy atom. The smallest absolute Gasteiger partial charge is 0.781 e. The number of nitrogens with one attached hydrogen (secondary N) is 1. The maximum absolute atomic E-state index is 8.63. The van der Waals surface area contributed by atoms with Gasteiger partial charge in [-0.3, -0.25) is 0 Å². The van der Waals surface area contributed by atoms with Gasteiger partial charge in [-0.2, -0.15) is 0 Å². The molecule has 0 spiro atoms. The maximum Gasteiger partial charge on any atom is 1.00 e. The molecule has 0 saturated carbocycles. The second-order valence-corrected chi connectivity index (χ2v) is 2.16. The molecule has 1 heterocycles. The van der Waals surface area contributed by atoms with Gasteiger partial charge in [0.15, 0.2) is 0 Å². The van der Waals surface area contributed by atoms with Crippen molar-refractivity contribution in [1.82, 2.24) is 5.32 Å². The summed E-state index contributed by atoms with van der Waals surface area (Å²) in [4.78, 5) is 15.7. The summed E-state index contributed by atoms with van der Waals surface area (Å²) >= 11 is 0. The van der Waals surface area contributed by atoms with Crippen molar-refractivity contribution in [2.75, 3.05) is 26.3 Å². The molecule has 0 bridgehead atoms. The van der Waals surface area contributed by atoms with E-state index in [-0.39, 0.29) is 35.0 Å². The zero-order valence-electron chi connectivity index (χ0n) is 7.00. The first-order chi connectivity index (χ1) is 4.73. The largest absolute Gasteiger partial charge is 1.00 e. The van der Waals surface area contributed by atoms with Crippen molar-refractivity contribution in [3.05, 3.63) is 0 Å². The minimum absolute atomic E-state index is 0. The Morgan fingerprint density at radius 2 is 1.75 bits per heavy atom. The monoisotopic (exact) mass is 209 g/mol. The van der Waals surface area contributed by atoms with Crippen LogP contribution in [0.25, 0.3) is 0 Å². The molecule has 1 fully saturated rings. The van der Waals surface area contributed by atoms with Gasteiger partial charge in [0.1, 0.15) is 8.25 Å². The fourth-order valence-corrected chi connectivity index (χ4v) is 0.516. The first-order valence-electron chi connectivity index (χ1n) is 2.92. The van der Waals surface area contributed by atoms with E-state index >= 15 is 0 Å². The van der Waals surface area contributed by atoms with Crippen LogP contribution in [-0.4, -0.2) is 36.7 Å². The molecule has 1 atom stereocenters. The molecular weight excluding hydrogens is 196 g/mol. The molecule has 1 aliphatic heterocycles. The van der Waals surface area contributed by atoms with Crippen LogP contribution in [0.15, 0.2) is 0 Å².